The van der Waals surface area contributed by atoms with E-state index < -0.39 is 0 Å². The lowest BCUT2D eigenvalue weighted by molar-refractivity contribution is -0.122. The molecule has 1 aliphatic rings. The first-order valence-corrected chi connectivity index (χ1v) is 8.73. The van der Waals surface area contributed by atoms with Crippen LogP contribution < -0.4 is 10.6 Å². The van der Waals surface area contributed by atoms with E-state index in [2.05, 4.69) is 36.6 Å². The van der Waals surface area contributed by atoms with Crippen LogP contribution in [0.5, 0.6) is 0 Å². The molecule has 2 rings (SSSR count). The number of hydrogen-bond donors (Lipinski definition) is 2. The lowest BCUT2D eigenvalue weighted by atomic mass is 9.87. The van der Waals surface area contributed by atoms with E-state index in [4.69, 9.17) is 0 Å². The maximum atomic E-state index is 12.2. The minimum Gasteiger partial charge on any atom is -0.380 e. The largest absolute Gasteiger partial charge is 0.380 e. The molecule has 0 radical (unpaired) electrons. The van der Waals surface area contributed by atoms with Gasteiger partial charge >= 0.3 is 0 Å². The molecular weight excluding hydrogens is 272 g/mol. The smallest absolute Gasteiger partial charge is 0.220 e. The topological polar surface area (TPSA) is 41.1 Å². The highest BCUT2D eigenvalue weighted by Gasteiger charge is 2.19. The zero-order valence-corrected chi connectivity index (χ0v) is 14.0. The number of carbonyl (C=O) groups is 1. The standard InChI is InChI=1S/C19H30N2O/c1-15(2)18(21-17-11-7-4-8-12-17)14-20-19(22)13-16-9-5-3-6-10-16/h4,7-8,11-12,15-16,18,21H,3,5-6,9-10,13-14H2,1-2H3,(H,20,22). The van der Waals surface area contributed by atoms with Gasteiger partial charge in [-0.05, 0) is 36.8 Å². The van der Waals surface area contributed by atoms with Gasteiger partial charge in [-0.2, -0.15) is 0 Å². The summed E-state index contributed by atoms with van der Waals surface area (Å²) in [6.45, 7) is 5.07. The van der Waals surface area contributed by atoms with Crippen molar-refractivity contribution in [3.05, 3.63) is 30.3 Å². The highest BCUT2D eigenvalue weighted by atomic mass is 16.1. The molecule has 0 aliphatic heterocycles. The molecule has 1 saturated carbocycles. The molecule has 1 atom stereocenters. The normalized spacial score (nSPS) is 17.2. The van der Waals surface area contributed by atoms with Gasteiger partial charge in [0.05, 0.1) is 0 Å². The Hall–Kier alpha value is -1.51. The van der Waals surface area contributed by atoms with Crippen LogP contribution in [0.3, 0.4) is 0 Å². The second-order valence-corrected chi connectivity index (χ2v) is 6.87. The van der Waals surface area contributed by atoms with Gasteiger partial charge in [0.2, 0.25) is 5.91 Å². The highest BCUT2D eigenvalue weighted by molar-refractivity contribution is 5.76. The lowest BCUT2D eigenvalue weighted by Gasteiger charge is -2.25. The van der Waals surface area contributed by atoms with E-state index in [-0.39, 0.29) is 11.9 Å². The highest BCUT2D eigenvalue weighted by Crippen LogP contribution is 2.26. The second-order valence-electron chi connectivity index (χ2n) is 6.87. The first-order chi connectivity index (χ1) is 10.6. The van der Waals surface area contributed by atoms with Crippen molar-refractivity contribution in [2.75, 3.05) is 11.9 Å². The molecule has 1 aliphatic carbocycles. The summed E-state index contributed by atoms with van der Waals surface area (Å²) in [6, 6.07) is 10.5. The van der Waals surface area contributed by atoms with Gasteiger partial charge in [-0.1, -0.05) is 51.3 Å². The zero-order chi connectivity index (χ0) is 15.8. The maximum absolute atomic E-state index is 12.2. The molecule has 1 unspecified atom stereocenters. The molecule has 0 heterocycles. The summed E-state index contributed by atoms with van der Waals surface area (Å²) < 4.78 is 0. The molecule has 0 bridgehead atoms. The molecule has 0 saturated heterocycles. The molecule has 3 heteroatoms. The fraction of sp³-hybridized carbons (Fsp3) is 0.632. The summed E-state index contributed by atoms with van der Waals surface area (Å²) >= 11 is 0. The van der Waals surface area contributed by atoms with Gasteiger partial charge in [-0.15, -0.1) is 0 Å². The molecular formula is C19H30N2O. The number of hydrogen-bond acceptors (Lipinski definition) is 2. The van der Waals surface area contributed by atoms with Crippen LogP contribution in [0.1, 0.15) is 52.4 Å². The van der Waals surface area contributed by atoms with E-state index in [1.807, 2.05) is 18.2 Å². The molecule has 3 nitrogen and oxygen atoms in total. The third kappa shape index (κ3) is 5.70. The quantitative estimate of drug-likeness (QED) is 0.792. The average molecular weight is 302 g/mol. The van der Waals surface area contributed by atoms with E-state index >= 15 is 0 Å². The van der Waals surface area contributed by atoms with Crippen molar-refractivity contribution in [2.24, 2.45) is 11.8 Å². The lowest BCUT2D eigenvalue weighted by Crippen LogP contribution is -2.40. The monoisotopic (exact) mass is 302 g/mol. The summed E-state index contributed by atoms with van der Waals surface area (Å²) in [6.07, 6.45) is 7.08. The number of carbonyl (C=O) groups excluding carboxylic acids is 1. The van der Waals surface area contributed by atoms with E-state index in [0.717, 1.165) is 5.69 Å². The Balaban J connectivity index is 1.77. The molecule has 22 heavy (non-hydrogen) atoms. The Morgan fingerprint density at radius 2 is 1.82 bits per heavy atom. The summed E-state index contributed by atoms with van der Waals surface area (Å²) in [5.74, 6) is 1.29. The maximum Gasteiger partial charge on any atom is 0.220 e. The van der Waals surface area contributed by atoms with Crippen LogP contribution in [0.2, 0.25) is 0 Å². The molecule has 0 aromatic heterocycles. The summed E-state index contributed by atoms with van der Waals surface area (Å²) in [7, 11) is 0. The van der Waals surface area contributed by atoms with Crippen molar-refractivity contribution in [3.8, 4) is 0 Å². The first-order valence-electron chi connectivity index (χ1n) is 8.73. The number of nitrogens with one attached hydrogen (secondary N) is 2. The summed E-state index contributed by atoms with van der Waals surface area (Å²) in [5.41, 5.74) is 1.11. The molecule has 0 spiro atoms. The zero-order valence-electron chi connectivity index (χ0n) is 14.0. The third-order valence-corrected chi connectivity index (χ3v) is 4.65. The van der Waals surface area contributed by atoms with E-state index in [1.54, 1.807) is 0 Å². The van der Waals surface area contributed by atoms with Crippen molar-refractivity contribution in [3.63, 3.8) is 0 Å². The van der Waals surface area contributed by atoms with Gasteiger partial charge in [0, 0.05) is 24.7 Å². The number of rotatable bonds is 7. The van der Waals surface area contributed by atoms with Gasteiger partial charge in [-0.25, -0.2) is 0 Å². The van der Waals surface area contributed by atoms with Crippen LogP contribution in [0, 0.1) is 11.8 Å². The fourth-order valence-corrected chi connectivity index (χ4v) is 3.15. The number of para-hydroxylation sites is 1. The summed E-state index contributed by atoms with van der Waals surface area (Å²) in [5, 5.41) is 6.65. The average Bonchev–Trinajstić information content (AvgIpc) is 2.53. The molecule has 2 N–H and O–H groups in total. The molecule has 122 valence electrons. The minimum absolute atomic E-state index is 0.215. The Kier molecular flexibility index (Phi) is 6.75. The Labute approximate surface area is 134 Å². The molecule has 1 aromatic carbocycles. The predicted octanol–water partition coefficient (Wildman–Crippen LogP) is 4.21. The van der Waals surface area contributed by atoms with Crippen LogP contribution in [-0.2, 0) is 4.79 Å². The van der Waals surface area contributed by atoms with E-state index in [9.17, 15) is 4.79 Å². The van der Waals surface area contributed by atoms with Crippen LogP contribution >= 0.6 is 0 Å². The predicted molar refractivity (Wildman–Crippen MR) is 92.9 cm³/mol. The number of anilines is 1. The minimum atomic E-state index is 0.215. The Morgan fingerprint density at radius 3 is 2.45 bits per heavy atom. The molecule has 1 amide bonds. The van der Waals surface area contributed by atoms with Crippen molar-refractivity contribution < 1.29 is 4.79 Å². The first kappa shape index (κ1) is 16.9. The van der Waals surface area contributed by atoms with E-state index in [1.165, 1.54) is 32.1 Å². The van der Waals surface area contributed by atoms with Crippen LogP contribution in [0.4, 0.5) is 5.69 Å². The van der Waals surface area contributed by atoms with Gasteiger partial charge in [-0.3, -0.25) is 4.79 Å². The van der Waals surface area contributed by atoms with Crippen LogP contribution in [-0.4, -0.2) is 18.5 Å². The van der Waals surface area contributed by atoms with Gasteiger partial charge in [0.15, 0.2) is 0 Å². The summed E-state index contributed by atoms with van der Waals surface area (Å²) in [4.78, 5) is 12.2. The van der Waals surface area contributed by atoms with Gasteiger partial charge in [0.25, 0.3) is 0 Å². The molecule has 1 fully saturated rings. The third-order valence-electron chi connectivity index (χ3n) is 4.65. The van der Waals surface area contributed by atoms with Crippen molar-refractivity contribution in [1.82, 2.24) is 5.32 Å². The van der Waals surface area contributed by atoms with Crippen molar-refractivity contribution >= 4 is 11.6 Å². The Bertz CT molecular complexity index is 438. The van der Waals surface area contributed by atoms with Gasteiger partial charge in [0.1, 0.15) is 0 Å². The second kappa shape index (κ2) is 8.82. The number of benzene rings is 1. The Morgan fingerprint density at radius 1 is 1.14 bits per heavy atom. The van der Waals surface area contributed by atoms with Crippen molar-refractivity contribution in [2.45, 2.75) is 58.4 Å². The number of amides is 1. The van der Waals surface area contributed by atoms with Crippen molar-refractivity contribution in [1.29, 1.82) is 0 Å². The van der Waals surface area contributed by atoms with Crippen LogP contribution in [0.15, 0.2) is 30.3 Å². The van der Waals surface area contributed by atoms with Gasteiger partial charge < -0.3 is 10.6 Å². The van der Waals surface area contributed by atoms with E-state index in [0.29, 0.717) is 24.8 Å². The molecule has 1 aromatic rings. The van der Waals surface area contributed by atoms with Crippen LogP contribution in [0.25, 0.3) is 0 Å². The SMILES string of the molecule is CC(C)C(CNC(=O)CC1CCCCC1)Nc1ccccc1. The fourth-order valence-electron chi connectivity index (χ4n) is 3.15.